The number of nitrogens with zero attached hydrogens (tertiary/aromatic N) is 1. The summed E-state index contributed by atoms with van der Waals surface area (Å²) >= 11 is 0. The number of amides is 2. The predicted molar refractivity (Wildman–Crippen MR) is 85.2 cm³/mol. The van der Waals surface area contributed by atoms with Crippen LogP contribution >= 0.6 is 0 Å². The van der Waals surface area contributed by atoms with Crippen LogP contribution < -0.4 is 10.1 Å². The van der Waals surface area contributed by atoms with Gasteiger partial charge in [0.1, 0.15) is 5.75 Å². The molecule has 1 atom stereocenters. The fourth-order valence-corrected chi connectivity index (χ4v) is 3.34. The Kier molecular flexibility index (Phi) is 4.83. The summed E-state index contributed by atoms with van der Waals surface area (Å²) in [5, 5.41) is 12.3. The van der Waals surface area contributed by atoms with Gasteiger partial charge in [0.25, 0.3) is 0 Å². The monoisotopic (exact) mass is 304 g/mol. The lowest BCUT2D eigenvalue weighted by Gasteiger charge is -2.24. The highest BCUT2D eigenvalue weighted by atomic mass is 16.5. The maximum Gasteiger partial charge on any atom is 0.322 e. The van der Waals surface area contributed by atoms with E-state index in [0.717, 1.165) is 31.4 Å². The first-order valence-corrected chi connectivity index (χ1v) is 8.22. The quantitative estimate of drug-likeness (QED) is 0.899. The fourth-order valence-electron chi connectivity index (χ4n) is 3.34. The van der Waals surface area contributed by atoms with Crippen molar-refractivity contribution in [3.8, 4) is 5.75 Å². The number of ether oxygens (including phenoxy) is 1. The number of aliphatic hydroxyl groups excluding tert-OH is 1. The highest BCUT2D eigenvalue weighted by Crippen LogP contribution is 2.30. The molecule has 3 rings (SSSR count). The molecule has 0 radical (unpaired) electrons. The average molecular weight is 304 g/mol. The van der Waals surface area contributed by atoms with E-state index in [1.54, 1.807) is 4.90 Å². The van der Waals surface area contributed by atoms with Crippen LogP contribution in [-0.4, -0.2) is 41.3 Å². The second-order valence-electron chi connectivity index (χ2n) is 6.12. The number of nitrogens with one attached hydrogen (secondary N) is 1. The number of para-hydroxylation sites is 2. The Morgan fingerprint density at radius 3 is 2.77 bits per heavy atom. The molecular formula is C17H24N2O3. The zero-order valence-corrected chi connectivity index (χ0v) is 12.8. The van der Waals surface area contributed by atoms with Crippen LogP contribution in [0.2, 0.25) is 0 Å². The molecule has 22 heavy (non-hydrogen) atoms. The average Bonchev–Trinajstić information content (AvgIpc) is 3.20. The Labute approximate surface area is 131 Å². The van der Waals surface area contributed by atoms with E-state index in [0.29, 0.717) is 12.2 Å². The molecule has 0 unspecified atom stereocenters. The summed E-state index contributed by atoms with van der Waals surface area (Å²) in [6, 6.07) is 7.37. The molecule has 1 aliphatic heterocycles. The van der Waals surface area contributed by atoms with E-state index in [9.17, 15) is 9.90 Å². The van der Waals surface area contributed by atoms with Crippen molar-refractivity contribution in [3.63, 3.8) is 0 Å². The molecule has 0 spiro atoms. The van der Waals surface area contributed by atoms with Crippen LogP contribution in [0, 0.1) is 0 Å². The molecule has 120 valence electrons. The number of hydrogen-bond donors (Lipinski definition) is 2. The van der Waals surface area contributed by atoms with E-state index in [1.807, 2.05) is 24.3 Å². The molecule has 5 nitrogen and oxygen atoms in total. The first-order chi connectivity index (χ1) is 10.8. The van der Waals surface area contributed by atoms with Gasteiger partial charge in [0.15, 0.2) is 0 Å². The molecule has 1 heterocycles. The minimum absolute atomic E-state index is 0.0215. The molecule has 1 aliphatic carbocycles. The van der Waals surface area contributed by atoms with Gasteiger partial charge in [0, 0.05) is 6.54 Å². The third-order valence-corrected chi connectivity index (χ3v) is 4.57. The molecule has 0 bridgehead atoms. The molecule has 2 aliphatic rings. The minimum Gasteiger partial charge on any atom is -0.488 e. The summed E-state index contributed by atoms with van der Waals surface area (Å²) in [4.78, 5) is 14.1. The number of aliphatic hydroxyl groups is 1. The normalized spacial score (nSPS) is 22.0. The highest BCUT2D eigenvalue weighted by Gasteiger charge is 2.28. The number of likely N-dealkylation sites (tertiary alicyclic amines) is 1. The predicted octanol–water partition coefficient (Wildman–Crippen LogP) is 3.00. The lowest BCUT2D eigenvalue weighted by Crippen LogP contribution is -2.40. The van der Waals surface area contributed by atoms with Gasteiger partial charge >= 0.3 is 6.03 Å². The zero-order chi connectivity index (χ0) is 15.4. The smallest absolute Gasteiger partial charge is 0.322 e. The highest BCUT2D eigenvalue weighted by molar-refractivity contribution is 5.91. The molecule has 0 aromatic heterocycles. The minimum atomic E-state index is -0.154. The number of rotatable bonds is 4. The van der Waals surface area contributed by atoms with Gasteiger partial charge in [-0.3, -0.25) is 0 Å². The van der Waals surface area contributed by atoms with Crippen molar-refractivity contribution in [3.05, 3.63) is 24.3 Å². The van der Waals surface area contributed by atoms with E-state index >= 15 is 0 Å². The Balaban J connectivity index is 1.67. The topological polar surface area (TPSA) is 61.8 Å². The van der Waals surface area contributed by atoms with Crippen molar-refractivity contribution in [1.29, 1.82) is 0 Å². The molecule has 1 saturated heterocycles. The maximum absolute atomic E-state index is 12.4. The van der Waals surface area contributed by atoms with Gasteiger partial charge in [-0.25, -0.2) is 4.79 Å². The molecule has 2 N–H and O–H groups in total. The van der Waals surface area contributed by atoms with Gasteiger partial charge in [-0.1, -0.05) is 12.1 Å². The molecule has 2 fully saturated rings. The van der Waals surface area contributed by atoms with E-state index in [4.69, 9.17) is 4.74 Å². The number of urea groups is 1. The van der Waals surface area contributed by atoms with Crippen molar-refractivity contribution in [2.24, 2.45) is 0 Å². The van der Waals surface area contributed by atoms with Crippen LogP contribution in [0.5, 0.6) is 5.75 Å². The van der Waals surface area contributed by atoms with Crippen molar-refractivity contribution < 1.29 is 14.6 Å². The van der Waals surface area contributed by atoms with Crippen LogP contribution in [0.15, 0.2) is 24.3 Å². The van der Waals surface area contributed by atoms with E-state index < -0.39 is 0 Å². The van der Waals surface area contributed by atoms with Gasteiger partial charge in [0.05, 0.1) is 24.4 Å². The third kappa shape index (κ3) is 3.35. The lowest BCUT2D eigenvalue weighted by atomic mass is 10.2. The SMILES string of the molecule is O=C(Nc1ccccc1OC1CCCC1)N1CCC[C@H]1CO. The van der Waals surface area contributed by atoms with Crippen LogP contribution in [0.4, 0.5) is 10.5 Å². The van der Waals surface area contributed by atoms with Gasteiger partial charge < -0.3 is 20.1 Å². The third-order valence-electron chi connectivity index (χ3n) is 4.57. The maximum atomic E-state index is 12.4. The van der Waals surface area contributed by atoms with Gasteiger partial charge in [0.2, 0.25) is 0 Å². The largest absolute Gasteiger partial charge is 0.488 e. The molecule has 1 aromatic rings. The number of hydrogen-bond acceptors (Lipinski definition) is 3. The lowest BCUT2D eigenvalue weighted by molar-refractivity contribution is 0.166. The van der Waals surface area contributed by atoms with Gasteiger partial charge in [-0.05, 0) is 50.7 Å². The Bertz CT molecular complexity index is 514. The number of carbonyl (C=O) groups excluding carboxylic acids is 1. The summed E-state index contributed by atoms with van der Waals surface area (Å²) < 4.78 is 6.04. The van der Waals surface area contributed by atoms with E-state index in [-0.39, 0.29) is 24.8 Å². The summed E-state index contributed by atoms with van der Waals surface area (Å²) in [5.74, 6) is 0.738. The fraction of sp³-hybridized carbons (Fsp3) is 0.588. The second kappa shape index (κ2) is 7.01. The van der Waals surface area contributed by atoms with E-state index in [1.165, 1.54) is 12.8 Å². The number of anilines is 1. The van der Waals surface area contributed by atoms with Crippen LogP contribution in [0.25, 0.3) is 0 Å². The van der Waals surface area contributed by atoms with E-state index in [2.05, 4.69) is 5.32 Å². The van der Waals surface area contributed by atoms with Crippen LogP contribution in [-0.2, 0) is 0 Å². The second-order valence-corrected chi connectivity index (χ2v) is 6.12. The summed E-state index contributed by atoms with van der Waals surface area (Å²) in [6.07, 6.45) is 6.66. The van der Waals surface area contributed by atoms with Crippen LogP contribution in [0.3, 0.4) is 0 Å². The molecule has 1 saturated carbocycles. The Morgan fingerprint density at radius 2 is 2.00 bits per heavy atom. The standard InChI is InChI=1S/C17H24N2O3/c20-12-13-6-5-11-19(13)17(21)18-15-9-3-4-10-16(15)22-14-7-1-2-8-14/h3-4,9-10,13-14,20H,1-2,5-8,11-12H2,(H,18,21)/t13-/m0/s1. The zero-order valence-electron chi connectivity index (χ0n) is 12.8. The number of carbonyl (C=O) groups is 1. The summed E-state index contributed by atoms with van der Waals surface area (Å²) in [7, 11) is 0. The summed E-state index contributed by atoms with van der Waals surface area (Å²) in [6.45, 7) is 0.719. The Hall–Kier alpha value is -1.75. The summed E-state index contributed by atoms with van der Waals surface area (Å²) in [5.41, 5.74) is 0.711. The molecule has 1 aromatic carbocycles. The first kappa shape index (κ1) is 15.2. The molecule has 2 amide bonds. The Morgan fingerprint density at radius 1 is 1.23 bits per heavy atom. The number of benzene rings is 1. The van der Waals surface area contributed by atoms with Gasteiger partial charge in [-0.15, -0.1) is 0 Å². The van der Waals surface area contributed by atoms with Crippen molar-refractivity contribution in [2.45, 2.75) is 50.7 Å². The van der Waals surface area contributed by atoms with Crippen LogP contribution in [0.1, 0.15) is 38.5 Å². The van der Waals surface area contributed by atoms with Crippen molar-refractivity contribution >= 4 is 11.7 Å². The van der Waals surface area contributed by atoms with Crippen molar-refractivity contribution in [1.82, 2.24) is 4.90 Å². The first-order valence-electron chi connectivity index (χ1n) is 8.22. The van der Waals surface area contributed by atoms with Gasteiger partial charge in [-0.2, -0.15) is 0 Å². The van der Waals surface area contributed by atoms with Crippen molar-refractivity contribution in [2.75, 3.05) is 18.5 Å². The molecule has 5 heteroatoms. The molecular weight excluding hydrogens is 280 g/mol.